The number of aryl methyl sites for hydroxylation is 1. The maximum atomic E-state index is 5.88. The van der Waals surface area contributed by atoms with Crippen LogP contribution in [-0.4, -0.2) is 4.98 Å². The molecule has 2 heteroatoms. The summed E-state index contributed by atoms with van der Waals surface area (Å²) in [5, 5.41) is 0. The number of hydrogen-bond acceptors (Lipinski definition) is 2. The normalized spacial score (nSPS) is 12.7. The van der Waals surface area contributed by atoms with Crippen molar-refractivity contribution in [1.82, 2.24) is 4.98 Å². The number of unbranched alkanes of at least 4 members (excludes halogenated alkanes) is 1. The van der Waals surface area contributed by atoms with Crippen LogP contribution in [0.25, 0.3) is 0 Å². The Balaban J connectivity index is 2.83. The van der Waals surface area contributed by atoms with Crippen molar-refractivity contribution in [3.63, 3.8) is 0 Å². The Labute approximate surface area is 99.3 Å². The van der Waals surface area contributed by atoms with Crippen molar-refractivity contribution in [1.29, 1.82) is 0 Å². The topological polar surface area (TPSA) is 38.9 Å². The predicted octanol–water partition coefficient (Wildman–Crippen LogP) is 3.91. The van der Waals surface area contributed by atoms with E-state index in [1.165, 1.54) is 36.9 Å². The van der Waals surface area contributed by atoms with Crippen molar-refractivity contribution in [2.75, 3.05) is 5.73 Å². The first-order valence-electron chi connectivity index (χ1n) is 6.47. The summed E-state index contributed by atoms with van der Waals surface area (Å²) < 4.78 is 0. The van der Waals surface area contributed by atoms with Gasteiger partial charge in [-0.05, 0) is 30.9 Å². The Morgan fingerprint density at radius 3 is 2.62 bits per heavy atom. The second-order valence-electron chi connectivity index (χ2n) is 4.41. The van der Waals surface area contributed by atoms with E-state index in [9.17, 15) is 0 Å². The van der Waals surface area contributed by atoms with Gasteiger partial charge in [0.2, 0.25) is 0 Å². The average molecular weight is 220 g/mol. The molecule has 0 saturated heterocycles. The number of aromatic nitrogens is 1. The zero-order valence-electron chi connectivity index (χ0n) is 10.8. The molecule has 90 valence electrons. The summed E-state index contributed by atoms with van der Waals surface area (Å²) >= 11 is 0. The quantitative estimate of drug-likeness (QED) is 0.789. The molecular weight excluding hydrogens is 196 g/mol. The molecule has 1 unspecified atom stereocenters. The zero-order valence-corrected chi connectivity index (χ0v) is 10.8. The zero-order chi connectivity index (χ0) is 12.0. The van der Waals surface area contributed by atoms with Gasteiger partial charge in [-0.3, -0.25) is 4.98 Å². The van der Waals surface area contributed by atoms with E-state index in [-0.39, 0.29) is 0 Å². The molecule has 2 nitrogen and oxygen atoms in total. The Bertz CT molecular complexity index is 321. The van der Waals surface area contributed by atoms with Crippen molar-refractivity contribution in [2.45, 2.75) is 58.8 Å². The van der Waals surface area contributed by atoms with E-state index in [0.717, 1.165) is 12.1 Å². The van der Waals surface area contributed by atoms with Crippen LogP contribution in [0.15, 0.2) is 12.3 Å². The molecule has 0 spiro atoms. The third-order valence-electron chi connectivity index (χ3n) is 3.24. The van der Waals surface area contributed by atoms with E-state index in [4.69, 9.17) is 5.73 Å². The molecule has 1 rings (SSSR count). The molecule has 0 bridgehead atoms. The lowest BCUT2D eigenvalue weighted by atomic mass is 9.94. The molecule has 0 aromatic carbocycles. The number of pyridine rings is 1. The Morgan fingerprint density at radius 1 is 1.31 bits per heavy atom. The second kappa shape index (κ2) is 6.51. The highest BCUT2D eigenvalue weighted by atomic mass is 14.7. The van der Waals surface area contributed by atoms with Crippen LogP contribution >= 0.6 is 0 Å². The van der Waals surface area contributed by atoms with E-state index in [2.05, 4.69) is 31.8 Å². The van der Waals surface area contributed by atoms with Gasteiger partial charge in [0.05, 0.1) is 11.9 Å². The van der Waals surface area contributed by atoms with Gasteiger partial charge >= 0.3 is 0 Å². The smallest absolute Gasteiger partial charge is 0.0533 e. The molecule has 16 heavy (non-hydrogen) atoms. The monoisotopic (exact) mass is 220 g/mol. The summed E-state index contributed by atoms with van der Waals surface area (Å²) in [5.74, 6) is 0.603. The van der Waals surface area contributed by atoms with Crippen molar-refractivity contribution in [3.8, 4) is 0 Å². The maximum absolute atomic E-state index is 5.88. The summed E-state index contributed by atoms with van der Waals surface area (Å²) in [6, 6.07) is 2.19. The van der Waals surface area contributed by atoms with Crippen molar-refractivity contribution in [3.05, 3.63) is 23.5 Å². The van der Waals surface area contributed by atoms with Crippen LogP contribution in [-0.2, 0) is 6.42 Å². The van der Waals surface area contributed by atoms with E-state index in [0.29, 0.717) is 5.92 Å². The lowest BCUT2D eigenvalue weighted by molar-refractivity contribution is 0.557. The number of hydrogen-bond donors (Lipinski definition) is 1. The Hall–Kier alpha value is -1.05. The highest BCUT2D eigenvalue weighted by Crippen LogP contribution is 2.26. The molecule has 0 aliphatic carbocycles. The van der Waals surface area contributed by atoms with Gasteiger partial charge in [-0.2, -0.15) is 0 Å². The van der Waals surface area contributed by atoms with Gasteiger partial charge in [-0.25, -0.2) is 0 Å². The maximum Gasteiger partial charge on any atom is 0.0533 e. The fourth-order valence-corrected chi connectivity index (χ4v) is 2.07. The third kappa shape index (κ3) is 3.22. The Morgan fingerprint density at radius 2 is 2.06 bits per heavy atom. The number of rotatable bonds is 6. The van der Waals surface area contributed by atoms with Crippen LogP contribution < -0.4 is 5.73 Å². The minimum absolute atomic E-state index is 0.603. The molecular formula is C14H24N2. The van der Waals surface area contributed by atoms with Gasteiger partial charge in [-0.15, -0.1) is 0 Å². The molecule has 1 aromatic heterocycles. The van der Waals surface area contributed by atoms with Crippen molar-refractivity contribution >= 4 is 5.69 Å². The van der Waals surface area contributed by atoms with E-state index >= 15 is 0 Å². The average Bonchev–Trinajstić information content (AvgIpc) is 2.32. The molecule has 0 fully saturated rings. The second-order valence-corrected chi connectivity index (χ2v) is 4.41. The minimum atomic E-state index is 0.603. The number of nitrogens with two attached hydrogens (primary N) is 1. The van der Waals surface area contributed by atoms with Crippen LogP contribution in [0.5, 0.6) is 0 Å². The number of nitrogen functional groups attached to an aromatic ring is 1. The molecule has 2 N–H and O–H groups in total. The van der Waals surface area contributed by atoms with Crippen LogP contribution in [0.3, 0.4) is 0 Å². The lowest BCUT2D eigenvalue weighted by Crippen LogP contribution is -2.04. The first kappa shape index (κ1) is 13.0. The predicted molar refractivity (Wildman–Crippen MR) is 70.6 cm³/mol. The largest absolute Gasteiger partial charge is 0.397 e. The summed E-state index contributed by atoms with van der Waals surface area (Å²) in [6.07, 6.45) is 7.76. The molecule has 0 aliphatic heterocycles. The summed E-state index contributed by atoms with van der Waals surface area (Å²) in [4.78, 5) is 4.49. The summed E-state index contributed by atoms with van der Waals surface area (Å²) in [5.41, 5.74) is 9.17. The standard InChI is InChI=1S/C14H24N2/c1-4-7-8-11(5-2)14-9-12(6-3)13(15)10-16-14/h9-11H,4-8,15H2,1-3H3. The third-order valence-corrected chi connectivity index (χ3v) is 3.24. The highest BCUT2D eigenvalue weighted by Gasteiger charge is 2.11. The SMILES string of the molecule is CCCCC(CC)c1cc(CC)c(N)cn1. The fraction of sp³-hybridized carbons (Fsp3) is 0.643. The van der Waals surface area contributed by atoms with Gasteiger partial charge in [-0.1, -0.05) is 33.6 Å². The Kier molecular flexibility index (Phi) is 5.30. The molecule has 0 radical (unpaired) electrons. The van der Waals surface area contributed by atoms with Gasteiger partial charge in [0.25, 0.3) is 0 Å². The van der Waals surface area contributed by atoms with Crippen LogP contribution in [0.2, 0.25) is 0 Å². The van der Waals surface area contributed by atoms with Crippen LogP contribution in [0.1, 0.15) is 63.6 Å². The molecule has 1 heterocycles. The van der Waals surface area contributed by atoms with Gasteiger partial charge < -0.3 is 5.73 Å². The molecule has 0 amide bonds. The van der Waals surface area contributed by atoms with Crippen LogP contribution in [0, 0.1) is 0 Å². The fourth-order valence-electron chi connectivity index (χ4n) is 2.07. The highest BCUT2D eigenvalue weighted by molar-refractivity contribution is 5.45. The van der Waals surface area contributed by atoms with Crippen LogP contribution in [0.4, 0.5) is 5.69 Å². The van der Waals surface area contributed by atoms with Gasteiger partial charge in [0.15, 0.2) is 0 Å². The first-order chi connectivity index (χ1) is 7.72. The molecule has 0 saturated carbocycles. The van der Waals surface area contributed by atoms with Crippen molar-refractivity contribution in [2.24, 2.45) is 0 Å². The number of anilines is 1. The molecule has 0 aliphatic rings. The first-order valence-corrected chi connectivity index (χ1v) is 6.47. The van der Waals surface area contributed by atoms with Gasteiger partial charge in [0.1, 0.15) is 0 Å². The summed E-state index contributed by atoms with van der Waals surface area (Å²) in [6.45, 7) is 6.62. The molecule has 1 atom stereocenters. The molecule has 1 aromatic rings. The van der Waals surface area contributed by atoms with E-state index in [1.54, 1.807) is 0 Å². The van der Waals surface area contributed by atoms with Crippen molar-refractivity contribution < 1.29 is 0 Å². The van der Waals surface area contributed by atoms with E-state index in [1.807, 2.05) is 6.20 Å². The minimum Gasteiger partial charge on any atom is -0.397 e. The van der Waals surface area contributed by atoms with E-state index < -0.39 is 0 Å². The summed E-state index contributed by atoms with van der Waals surface area (Å²) in [7, 11) is 0. The number of nitrogens with zero attached hydrogens (tertiary/aromatic N) is 1. The lowest BCUT2D eigenvalue weighted by Gasteiger charge is -2.15. The van der Waals surface area contributed by atoms with Gasteiger partial charge in [0, 0.05) is 11.6 Å².